The number of benzene rings is 1. The molecule has 0 spiro atoms. The summed E-state index contributed by atoms with van der Waals surface area (Å²) < 4.78 is 5.27. The van der Waals surface area contributed by atoms with Gasteiger partial charge in [0, 0.05) is 19.1 Å². The van der Waals surface area contributed by atoms with Gasteiger partial charge in [-0.2, -0.15) is 0 Å². The predicted molar refractivity (Wildman–Crippen MR) is 102 cm³/mol. The van der Waals surface area contributed by atoms with Crippen LogP contribution in [0.3, 0.4) is 0 Å². The Hall–Kier alpha value is -3.10. The molecule has 29 heavy (non-hydrogen) atoms. The van der Waals surface area contributed by atoms with Gasteiger partial charge in [0.2, 0.25) is 11.8 Å². The van der Waals surface area contributed by atoms with E-state index in [0.29, 0.717) is 12.2 Å². The summed E-state index contributed by atoms with van der Waals surface area (Å²) in [5, 5.41) is 5.45. The van der Waals surface area contributed by atoms with Gasteiger partial charge in [-0.1, -0.05) is 12.1 Å². The minimum Gasteiger partial charge on any atom is -0.497 e. The van der Waals surface area contributed by atoms with Crippen molar-refractivity contribution in [3.8, 4) is 5.75 Å². The third-order valence-corrected chi connectivity index (χ3v) is 5.64. The van der Waals surface area contributed by atoms with Crippen molar-refractivity contribution >= 4 is 23.8 Å². The van der Waals surface area contributed by atoms with Gasteiger partial charge in [-0.15, -0.1) is 0 Å². The monoisotopic (exact) mass is 400 g/mol. The third kappa shape index (κ3) is 3.90. The summed E-state index contributed by atoms with van der Waals surface area (Å²) in [7, 11) is 1.59. The van der Waals surface area contributed by atoms with E-state index in [1.807, 2.05) is 24.3 Å². The quantitative estimate of drug-likeness (QED) is 0.622. The summed E-state index contributed by atoms with van der Waals surface area (Å²) in [6.45, 7) is 0.121. The summed E-state index contributed by atoms with van der Waals surface area (Å²) >= 11 is 0. The molecule has 2 aliphatic heterocycles. The molecule has 0 atom stereocenters. The van der Waals surface area contributed by atoms with E-state index in [1.165, 1.54) is 4.90 Å². The van der Waals surface area contributed by atoms with Crippen LogP contribution in [0.15, 0.2) is 24.3 Å². The third-order valence-electron chi connectivity index (χ3n) is 5.64. The number of likely N-dealkylation sites (tertiary alicyclic amines) is 1. The molecule has 2 saturated heterocycles. The number of ether oxygens (including phenoxy) is 1. The number of nitrogens with zero attached hydrogens (tertiary/aromatic N) is 2. The lowest BCUT2D eigenvalue weighted by Gasteiger charge is -2.49. The Labute approximate surface area is 168 Å². The molecule has 2 heterocycles. The minimum atomic E-state index is -0.720. The lowest BCUT2D eigenvalue weighted by atomic mass is 9.73. The van der Waals surface area contributed by atoms with Gasteiger partial charge >= 0.3 is 6.03 Å². The number of nitrogens with one attached hydrogen (secondary N) is 2. The van der Waals surface area contributed by atoms with E-state index in [4.69, 9.17) is 4.74 Å². The normalized spacial score (nSPS) is 20.2. The molecule has 3 aliphatic rings. The first-order valence-corrected chi connectivity index (χ1v) is 9.70. The Morgan fingerprint density at radius 3 is 2.66 bits per heavy atom. The minimum absolute atomic E-state index is 0.0538. The molecular weight excluding hydrogens is 376 g/mol. The molecule has 1 aromatic rings. The molecule has 0 radical (unpaired) electrons. The molecule has 1 aromatic carbocycles. The Morgan fingerprint density at radius 1 is 1.28 bits per heavy atom. The van der Waals surface area contributed by atoms with Crippen LogP contribution in [0.4, 0.5) is 4.79 Å². The lowest BCUT2D eigenvalue weighted by Crippen LogP contribution is -2.66. The highest BCUT2D eigenvalue weighted by molar-refractivity contribution is 6.04. The number of hydrogen-bond acceptors (Lipinski definition) is 5. The first-order chi connectivity index (χ1) is 13.9. The molecule has 1 saturated carbocycles. The molecule has 3 fully saturated rings. The second kappa shape index (κ2) is 7.38. The number of imide groups is 1. The molecule has 9 nitrogen and oxygen atoms in total. The highest BCUT2D eigenvalue weighted by Crippen LogP contribution is 2.36. The molecular formula is C20H24N4O5. The van der Waals surface area contributed by atoms with Gasteiger partial charge in [0.15, 0.2) is 0 Å². The predicted octanol–water partition coefficient (Wildman–Crippen LogP) is -0.103. The summed E-state index contributed by atoms with van der Waals surface area (Å²) in [5.74, 6) is -0.0955. The molecule has 1 aliphatic carbocycles. The molecule has 2 N–H and O–H groups in total. The molecule has 0 bridgehead atoms. The maximum absolute atomic E-state index is 13.0. The van der Waals surface area contributed by atoms with Crippen molar-refractivity contribution < 1.29 is 23.9 Å². The van der Waals surface area contributed by atoms with Crippen molar-refractivity contribution in [1.29, 1.82) is 0 Å². The molecule has 154 valence electrons. The van der Waals surface area contributed by atoms with Crippen molar-refractivity contribution in [1.82, 2.24) is 20.4 Å². The first-order valence-electron chi connectivity index (χ1n) is 9.70. The van der Waals surface area contributed by atoms with E-state index in [0.717, 1.165) is 23.3 Å². The smallest absolute Gasteiger partial charge is 0.325 e. The summed E-state index contributed by atoms with van der Waals surface area (Å²) in [4.78, 5) is 51.4. The number of rotatable bonds is 7. The van der Waals surface area contributed by atoms with Crippen molar-refractivity contribution in [3.05, 3.63) is 29.8 Å². The van der Waals surface area contributed by atoms with Crippen LogP contribution in [0.25, 0.3) is 0 Å². The number of urea groups is 1. The fourth-order valence-corrected chi connectivity index (χ4v) is 3.79. The van der Waals surface area contributed by atoms with Crippen LogP contribution in [0.1, 0.15) is 18.4 Å². The average Bonchev–Trinajstić information content (AvgIpc) is 3.44. The van der Waals surface area contributed by atoms with Crippen LogP contribution < -0.4 is 15.4 Å². The number of amides is 5. The topological polar surface area (TPSA) is 108 Å². The van der Waals surface area contributed by atoms with Gasteiger partial charge in [-0.05, 0) is 37.0 Å². The van der Waals surface area contributed by atoms with Gasteiger partial charge in [0.25, 0.3) is 5.91 Å². The fourth-order valence-electron chi connectivity index (χ4n) is 3.79. The zero-order chi connectivity index (χ0) is 20.6. The zero-order valence-electron chi connectivity index (χ0n) is 16.3. The Morgan fingerprint density at radius 2 is 2.03 bits per heavy atom. The van der Waals surface area contributed by atoms with Crippen LogP contribution >= 0.6 is 0 Å². The fraction of sp³-hybridized carbons (Fsp3) is 0.500. The van der Waals surface area contributed by atoms with Crippen LogP contribution in [-0.2, 0) is 20.8 Å². The highest BCUT2D eigenvalue weighted by Gasteiger charge is 2.52. The van der Waals surface area contributed by atoms with Crippen molar-refractivity contribution in [2.75, 3.05) is 33.3 Å². The molecule has 5 amide bonds. The molecule has 9 heteroatoms. The summed E-state index contributed by atoms with van der Waals surface area (Å²) in [5.41, 5.74) is 0.235. The largest absolute Gasteiger partial charge is 0.497 e. The average molecular weight is 400 g/mol. The summed E-state index contributed by atoms with van der Waals surface area (Å²) in [6.07, 6.45) is 2.45. The highest BCUT2D eigenvalue weighted by atomic mass is 16.5. The van der Waals surface area contributed by atoms with E-state index in [1.54, 1.807) is 7.11 Å². The van der Waals surface area contributed by atoms with Crippen LogP contribution in [0.2, 0.25) is 0 Å². The van der Waals surface area contributed by atoms with Gasteiger partial charge in [0.05, 0.1) is 19.1 Å². The standard InChI is InChI=1S/C20H24N4O5/c1-29-15-4-2-3-13(7-15)8-20(18(27)22-14-5-6-14)11-23(12-20)17(26)10-24-16(25)9-21-19(24)28/h2-4,7,14H,5-6,8-12H2,1H3,(H,21,28)(H,22,27). The zero-order valence-corrected chi connectivity index (χ0v) is 16.3. The van der Waals surface area contributed by atoms with Gasteiger partial charge < -0.3 is 20.3 Å². The van der Waals surface area contributed by atoms with E-state index < -0.39 is 17.4 Å². The van der Waals surface area contributed by atoms with E-state index >= 15 is 0 Å². The van der Waals surface area contributed by atoms with Crippen molar-refractivity contribution in [3.63, 3.8) is 0 Å². The van der Waals surface area contributed by atoms with Crippen LogP contribution in [-0.4, -0.2) is 72.9 Å². The van der Waals surface area contributed by atoms with Gasteiger partial charge in [-0.25, -0.2) is 4.79 Å². The van der Waals surface area contributed by atoms with Gasteiger partial charge in [-0.3, -0.25) is 19.3 Å². The summed E-state index contributed by atoms with van der Waals surface area (Å²) in [6, 6.07) is 7.21. The maximum Gasteiger partial charge on any atom is 0.325 e. The number of hydrogen-bond donors (Lipinski definition) is 2. The number of methoxy groups -OCH3 is 1. The maximum atomic E-state index is 13.0. The van der Waals surface area contributed by atoms with Crippen molar-refractivity contribution in [2.45, 2.75) is 25.3 Å². The van der Waals surface area contributed by atoms with Crippen LogP contribution in [0, 0.1) is 5.41 Å². The van der Waals surface area contributed by atoms with Crippen LogP contribution in [0.5, 0.6) is 5.75 Å². The van der Waals surface area contributed by atoms with Crippen molar-refractivity contribution in [2.24, 2.45) is 5.41 Å². The van der Waals surface area contributed by atoms with E-state index in [9.17, 15) is 19.2 Å². The van der Waals surface area contributed by atoms with Gasteiger partial charge in [0.1, 0.15) is 12.3 Å². The lowest BCUT2D eigenvalue weighted by molar-refractivity contribution is -0.155. The Bertz CT molecular complexity index is 844. The Balaban J connectivity index is 1.45. The second-order valence-corrected chi connectivity index (χ2v) is 7.94. The first kappa shape index (κ1) is 19.2. The van der Waals surface area contributed by atoms with E-state index in [2.05, 4.69) is 10.6 Å². The Kier molecular flexibility index (Phi) is 4.89. The second-order valence-electron chi connectivity index (χ2n) is 7.94. The molecule has 0 unspecified atom stereocenters. The van der Waals surface area contributed by atoms with E-state index in [-0.39, 0.29) is 44.0 Å². The SMILES string of the molecule is COc1cccc(CC2(C(=O)NC3CC3)CN(C(=O)CN3C(=O)CNC3=O)C2)c1. The molecule has 4 rings (SSSR count). The number of carbonyl (C=O) groups excluding carboxylic acids is 4. The number of carbonyl (C=O) groups is 4. The molecule has 0 aromatic heterocycles.